The van der Waals surface area contributed by atoms with Crippen LogP contribution in [0.15, 0.2) is 54.9 Å². The van der Waals surface area contributed by atoms with Gasteiger partial charge in [-0.3, -0.25) is 4.98 Å². The molecule has 122 valence electrons. The van der Waals surface area contributed by atoms with Crippen molar-refractivity contribution in [1.29, 1.82) is 0 Å². The maximum absolute atomic E-state index is 12.4. The van der Waals surface area contributed by atoms with Gasteiger partial charge < -0.3 is 9.64 Å². The van der Waals surface area contributed by atoms with Crippen LogP contribution >= 0.6 is 0 Å². The van der Waals surface area contributed by atoms with E-state index in [9.17, 15) is 4.79 Å². The average Bonchev–Trinajstić information content (AvgIpc) is 2.94. The molecule has 3 rings (SSSR count). The number of likely N-dealkylation sites (N-methyl/N-ethyl adjacent to an activating group) is 1. The molecule has 1 aromatic carbocycles. The van der Waals surface area contributed by atoms with Crippen molar-refractivity contribution < 1.29 is 9.53 Å². The van der Waals surface area contributed by atoms with Gasteiger partial charge in [0.05, 0.1) is 5.57 Å². The van der Waals surface area contributed by atoms with Gasteiger partial charge in [0, 0.05) is 18.9 Å². The predicted octanol–water partition coefficient (Wildman–Crippen LogP) is 3.12. The van der Waals surface area contributed by atoms with Crippen molar-refractivity contribution in [2.45, 2.75) is 0 Å². The van der Waals surface area contributed by atoms with Crippen LogP contribution in [0, 0.1) is 0 Å². The molecule has 0 saturated carbocycles. The lowest BCUT2D eigenvalue weighted by molar-refractivity contribution is -0.136. The van der Waals surface area contributed by atoms with Crippen LogP contribution in [0.25, 0.3) is 17.2 Å². The number of allylic oxidation sites excluding steroid dienone is 2. The first-order valence-corrected chi connectivity index (χ1v) is 7.90. The van der Waals surface area contributed by atoms with E-state index in [0.717, 1.165) is 22.3 Å². The van der Waals surface area contributed by atoms with Gasteiger partial charge in [-0.05, 0) is 54.6 Å². The molecular formula is C20H20N2O2. The number of hydrogen-bond donors (Lipinski definition) is 0. The zero-order valence-electron chi connectivity index (χ0n) is 13.9. The predicted molar refractivity (Wildman–Crippen MR) is 96.0 cm³/mol. The summed E-state index contributed by atoms with van der Waals surface area (Å²) in [6.45, 7) is 1.09. The highest BCUT2D eigenvalue weighted by atomic mass is 16.5. The zero-order chi connectivity index (χ0) is 16.9. The van der Waals surface area contributed by atoms with Crippen LogP contribution in [-0.4, -0.2) is 43.1 Å². The molecule has 0 spiro atoms. The summed E-state index contributed by atoms with van der Waals surface area (Å²) in [5.74, 6) is -0.279. The lowest BCUT2D eigenvalue weighted by atomic mass is 10.0. The van der Waals surface area contributed by atoms with Crippen molar-refractivity contribution in [2.24, 2.45) is 0 Å². The van der Waals surface area contributed by atoms with Crippen molar-refractivity contribution in [3.63, 3.8) is 0 Å². The molecule has 1 aromatic heterocycles. The standard InChI is InChI=1S/C20H20N2O2/c1-22(2)10-11-24-20(23)19-13-16(12-15-6-5-9-21-14-15)17-7-3-4-8-18(17)19/h3-9,12-14H,10-11H2,1-2H3/b16-12-. The van der Waals surface area contributed by atoms with Gasteiger partial charge in [0.15, 0.2) is 0 Å². The number of rotatable bonds is 5. The summed E-state index contributed by atoms with van der Waals surface area (Å²) >= 11 is 0. The Balaban J connectivity index is 1.88. The summed E-state index contributed by atoms with van der Waals surface area (Å²) in [5.41, 5.74) is 4.57. The highest BCUT2D eigenvalue weighted by Gasteiger charge is 2.24. The third-order valence-electron chi connectivity index (χ3n) is 3.83. The van der Waals surface area contributed by atoms with Gasteiger partial charge in [-0.15, -0.1) is 0 Å². The van der Waals surface area contributed by atoms with E-state index >= 15 is 0 Å². The van der Waals surface area contributed by atoms with Gasteiger partial charge in [0.25, 0.3) is 0 Å². The molecule has 0 amide bonds. The highest BCUT2D eigenvalue weighted by Crippen LogP contribution is 2.36. The highest BCUT2D eigenvalue weighted by molar-refractivity contribution is 6.24. The van der Waals surface area contributed by atoms with Gasteiger partial charge in [0.1, 0.15) is 6.61 Å². The largest absolute Gasteiger partial charge is 0.461 e. The monoisotopic (exact) mass is 320 g/mol. The molecule has 0 atom stereocenters. The summed E-state index contributed by atoms with van der Waals surface area (Å²) in [6.07, 6.45) is 7.48. The minimum absolute atomic E-state index is 0.279. The summed E-state index contributed by atoms with van der Waals surface area (Å²) in [6, 6.07) is 11.8. The second-order valence-electron chi connectivity index (χ2n) is 5.93. The zero-order valence-corrected chi connectivity index (χ0v) is 13.9. The molecule has 0 aliphatic heterocycles. The first-order chi connectivity index (χ1) is 11.6. The van der Waals surface area contributed by atoms with Crippen molar-refractivity contribution >= 4 is 23.2 Å². The number of hydrogen-bond acceptors (Lipinski definition) is 4. The van der Waals surface area contributed by atoms with Crippen LogP contribution in [0.4, 0.5) is 0 Å². The van der Waals surface area contributed by atoms with Crippen LogP contribution in [-0.2, 0) is 9.53 Å². The Morgan fingerprint density at radius 2 is 1.96 bits per heavy atom. The molecular weight excluding hydrogens is 300 g/mol. The topological polar surface area (TPSA) is 42.4 Å². The molecule has 4 heteroatoms. The number of pyridine rings is 1. The molecule has 0 radical (unpaired) electrons. The fourth-order valence-corrected chi connectivity index (χ4v) is 2.61. The quantitative estimate of drug-likeness (QED) is 0.794. The third-order valence-corrected chi connectivity index (χ3v) is 3.83. The fraction of sp³-hybridized carbons (Fsp3) is 0.200. The second kappa shape index (κ2) is 7.23. The maximum Gasteiger partial charge on any atom is 0.338 e. The van der Waals surface area contributed by atoms with Crippen molar-refractivity contribution in [3.8, 4) is 0 Å². The minimum atomic E-state index is -0.279. The van der Waals surface area contributed by atoms with E-state index in [2.05, 4.69) is 4.98 Å². The van der Waals surface area contributed by atoms with Crippen molar-refractivity contribution in [3.05, 3.63) is 71.6 Å². The lowest BCUT2D eigenvalue weighted by Gasteiger charge is -2.10. The van der Waals surface area contributed by atoms with Gasteiger partial charge in [-0.1, -0.05) is 30.3 Å². The molecule has 0 N–H and O–H groups in total. The summed E-state index contributed by atoms with van der Waals surface area (Å²) < 4.78 is 5.40. The molecule has 24 heavy (non-hydrogen) atoms. The lowest BCUT2D eigenvalue weighted by Crippen LogP contribution is -2.20. The maximum atomic E-state index is 12.4. The Hall–Kier alpha value is -2.72. The van der Waals surface area contributed by atoms with Crippen molar-refractivity contribution in [2.75, 3.05) is 27.2 Å². The summed E-state index contributed by atoms with van der Waals surface area (Å²) in [5, 5.41) is 0. The number of carbonyl (C=O) groups is 1. The van der Waals surface area contributed by atoms with E-state index in [0.29, 0.717) is 18.7 Å². The van der Waals surface area contributed by atoms with Gasteiger partial charge in [-0.2, -0.15) is 0 Å². The van der Waals surface area contributed by atoms with Crippen LogP contribution in [0.3, 0.4) is 0 Å². The van der Waals surface area contributed by atoms with Crippen LogP contribution in [0.2, 0.25) is 0 Å². The number of aromatic nitrogens is 1. The van der Waals surface area contributed by atoms with E-state index < -0.39 is 0 Å². The Labute approximate surface area is 142 Å². The second-order valence-corrected chi connectivity index (χ2v) is 5.93. The van der Waals surface area contributed by atoms with E-state index in [-0.39, 0.29) is 5.97 Å². The van der Waals surface area contributed by atoms with E-state index in [1.165, 1.54) is 0 Å². The minimum Gasteiger partial charge on any atom is -0.461 e. The van der Waals surface area contributed by atoms with Crippen LogP contribution in [0.1, 0.15) is 16.7 Å². The number of fused-ring (bicyclic) bond motifs is 1. The summed E-state index contributed by atoms with van der Waals surface area (Å²) in [4.78, 5) is 18.6. The Morgan fingerprint density at radius 1 is 1.17 bits per heavy atom. The number of esters is 1. The number of benzene rings is 1. The Kier molecular flexibility index (Phi) is 4.87. The smallest absolute Gasteiger partial charge is 0.338 e. The van der Waals surface area contributed by atoms with Crippen LogP contribution in [0.5, 0.6) is 0 Å². The summed E-state index contributed by atoms with van der Waals surface area (Å²) in [7, 11) is 3.90. The third kappa shape index (κ3) is 3.60. The van der Waals surface area contributed by atoms with Crippen molar-refractivity contribution in [1.82, 2.24) is 9.88 Å². The molecule has 1 aliphatic carbocycles. The molecule has 4 nitrogen and oxygen atoms in total. The first-order valence-electron chi connectivity index (χ1n) is 7.90. The number of carbonyl (C=O) groups excluding carboxylic acids is 1. The number of nitrogens with zero attached hydrogens (tertiary/aromatic N) is 2. The van der Waals surface area contributed by atoms with E-state index in [1.54, 1.807) is 12.4 Å². The Morgan fingerprint density at radius 3 is 2.67 bits per heavy atom. The average molecular weight is 320 g/mol. The van der Waals surface area contributed by atoms with Gasteiger partial charge in [-0.25, -0.2) is 4.79 Å². The van der Waals surface area contributed by atoms with Gasteiger partial charge in [0.2, 0.25) is 0 Å². The molecule has 0 saturated heterocycles. The molecule has 2 aromatic rings. The fourth-order valence-electron chi connectivity index (χ4n) is 2.61. The molecule has 0 bridgehead atoms. The SMILES string of the molecule is CN(C)CCOC(=O)C1=C/C(=C/c2cccnc2)c2ccccc21. The number of ether oxygens (including phenoxy) is 1. The van der Waals surface area contributed by atoms with Gasteiger partial charge >= 0.3 is 5.97 Å². The normalized spacial score (nSPS) is 14.6. The van der Waals surface area contributed by atoms with E-state index in [4.69, 9.17) is 4.74 Å². The van der Waals surface area contributed by atoms with E-state index in [1.807, 2.05) is 67.5 Å². The van der Waals surface area contributed by atoms with Crippen LogP contribution < -0.4 is 0 Å². The molecule has 0 fully saturated rings. The molecule has 1 aliphatic rings. The molecule has 1 heterocycles. The molecule has 0 unspecified atom stereocenters. The first kappa shape index (κ1) is 16.1. The Bertz CT molecular complexity index is 792.